The van der Waals surface area contributed by atoms with Crippen LogP contribution >= 0.6 is 34.5 Å². The van der Waals surface area contributed by atoms with Gasteiger partial charge >= 0.3 is 0 Å². The first kappa shape index (κ1) is 25.5. The molecule has 1 fully saturated rings. The van der Waals surface area contributed by atoms with Crippen LogP contribution in [0.3, 0.4) is 0 Å². The molecule has 186 valence electrons. The molecular formula is C23H27ClIN7O3. The number of halogens is 2. The molecule has 2 aromatic heterocycles. The highest BCUT2D eigenvalue weighted by molar-refractivity contribution is 14.1. The summed E-state index contributed by atoms with van der Waals surface area (Å²) in [7, 11) is 1.52. The van der Waals surface area contributed by atoms with Crippen molar-refractivity contribution in [3.05, 3.63) is 45.8 Å². The molecule has 0 aliphatic carbocycles. The lowest BCUT2D eigenvalue weighted by Crippen LogP contribution is -2.42. The van der Waals surface area contributed by atoms with Gasteiger partial charge in [0.05, 0.1) is 11.7 Å². The Labute approximate surface area is 222 Å². The molecule has 0 saturated carbocycles. The largest absolute Gasteiger partial charge is 0.478 e. The lowest BCUT2D eigenvalue weighted by atomic mass is 10.1. The van der Waals surface area contributed by atoms with E-state index in [0.717, 1.165) is 42.8 Å². The Kier molecular flexibility index (Phi) is 7.97. The van der Waals surface area contributed by atoms with Gasteiger partial charge in [-0.1, -0.05) is 11.6 Å². The number of anilines is 3. The van der Waals surface area contributed by atoms with Crippen molar-refractivity contribution in [1.29, 1.82) is 0 Å². The molecule has 3 aromatic rings. The lowest BCUT2D eigenvalue weighted by Gasteiger charge is -2.31. The van der Waals surface area contributed by atoms with Crippen LogP contribution in [0.2, 0.25) is 5.02 Å². The number of likely N-dealkylation sites (N-methyl/N-ethyl adjacent to an activating group) is 1. The summed E-state index contributed by atoms with van der Waals surface area (Å²) in [5, 5.41) is 6.95. The number of hydrogen-bond acceptors (Lipinski definition) is 8. The van der Waals surface area contributed by atoms with Crippen LogP contribution in [0.15, 0.2) is 35.3 Å². The van der Waals surface area contributed by atoms with Gasteiger partial charge in [0.2, 0.25) is 5.95 Å². The standard InChI is InChI=1S/C23H27ClIN7O3/c1-14(2)32-18-5-4-16(10-15(18)11-19(22(32)34)35-13-20(33)26-3)28-21-17(24)12-27-23(29-21)30-6-8-31(25)9-7-30/h4-5,10-12,14H,6-9,13H2,1-3H3,(H,26,33)(H,27,28,29). The summed E-state index contributed by atoms with van der Waals surface area (Å²) in [6, 6.07) is 7.19. The van der Waals surface area contributed by atoms with E-state index in [9.17, 15) is 9.59 Å². The molecule has 0 atom stereocenters. The first-order chi connectivity index (χ1) is 16.8. The number of ether oxygens (including phenoxy) is 1. The van der Waals surface area contributed by atoms with Crippen LogP contribution in [-0.4, -0.2) is 63.4 Å². The molecule has 1 aliphatic rings. The van der Waals surface area contributed by atoms with Gasteiger partial charge in [0, 0.05) is 73.2 Å². The number of hydrogen-bond donors (Lipinski definition) is 2. The summed E-state index contributed by atoms with van der Waals surface area (Å²) in [6.07, 6.45) is 1.60. The maximum absolute atomic E-state index is 13.0. The minimum absolute atomic E-state index is 0.103. The van der Waals surface area contributed by atoms with Gasteiger partial charge in [-0.3, -0.25) is 9.59 Å². The molecule has 0 spiro atoms. The smallest absolute Gasteiger partial charge is 0.293 e. The number of rotatable bonds is 7. The Balaban J connectivity index is 1.66. The second-order valence-electron chi connectivity index (χ2n) is 8.40. The quantitative estimate of drug-likeness (QED) is 0.310. The van der Waals surface area contributed by atoms with Crippen LogP contribution in [0, 0.1) is 0 Å². The summed E-state index contributed by atoms with van der Waals surface area (Å²) in [4.78, 5) is 35.8. The van der Waals surface area contributed by atoms with E-state index < -0.39 is 0 Å². The third-order valence-electron chi connectivity index (χ3n) is 5.66. The molecule has 2 N–H and O–H groups in total. The summed E-state index contributed by atoms with van der Waals surface area (Å²) < 4.78 is 9.43. The molecular weight excluding hydrogens is 585 g/mol. The second-order valence-corrected chi connectivity index (χ2v) is 10.2. The summed E-state index contributed by atoms with van der Waals surface area (Å²) in [6.45, 7) is 7.16. The second kappa shape index (κ2) is 11.0. The first-order valence-corrected chi connectivity index (χ1v) is 12.6. The van der Waals surface area contributed by atoms with E-state index in [-0.39, 0.29) is 29.9 Å². The van der Waals surface area contributed by atoms with E-state index >= 15 is 0 Å². The van der Waals surface area contributed by atoms with Crippen LogP contribution in [0.1, 0.15) is 19.9 Å². The third kappa shape index (κ3) is 5.78. The molecule has 0 radical (unpaired) electrons. The molecule has 1 amide bonds. The van der Waals surface area contributed by atoms with Gasteiger partial charge in [-0.2, -0.15) is 4.98 Å². The van der Waals surface area contributed by atoms with E-state index in [1.807, 2.05) is 32.0 Å². The molecule has 12 heteroatoms. The predicted molar refractivity (Wildman–Crippen MR) is 146 cm³/mol. The highest BCUT2D eigenvalue weighted by Gasteiger charge is 2.19. The number of amides is 1. The topological polar surface area (TPSA) is 105 Å². The van der Waals surface area contributed by atoms with Crippen LogP contribution in [0.5, 0.6) is 5.75 Å². The number of fused-ring (bicyclic) bond motifs is 1. The van der Waals surface area contributed by atoms with Gasteiger partial charge in [0.25, 0.3) is 11.5 Å². The summed E-state index contributed by atoms with van der Waals surface area (Å²) in [5.74, 6) is 0.927. The van der Waals surface area contributed by atoms with Crippen molar-refractivity contribution in [3.63, 3.8) is 0 Å². The average molecular weight is 612 g/mol. The minimum Gasteiger partial charge on any atom is -0.478 e. The minimum atomic E-state index is -0.315. The molecule has 35 heavy (non-hydrogen) atoms. The number of nitrogens with one attached hydrogen (secondary N) is 2. The van der Waals surface area contributed by atoms with E-state index in [1.54, 1.807) is 16.8 Å². The molecule has 10 nitrogen and oxygen atoms in total. The van der Waals surface area contributed by atoms with Crippen molar-refractivity contribution in [1.82, 2.24) is 23.0 Å². The maximum atomic E-state index is 13.0. The van der Waals surface area contributed by atoms with Crippen LogP contribution in [0.25, 0.3) is 10.9 Å². The van der Waals surface area contributed by atoms with Crippen molar-refractivity contribution in [2.24, 2.45) is 0 Å². The Morgan fingerprint density at radius 2 is 1.97 bits per heavy atom. The number of carbonyl (C=O) groups is 1. The summed E-state index contributed by atoms with van der Waals surface area (Å²) >= 11 is 8.73. The zero-order chi connectivity index (χ0) is 25.1. The van der Waals surface area contributed by atoms with Gasteiger partial charge in [0.1, 0.15) is 5.02 Å². The highest BCUT2D eigenvalue weighted by Crippen LogP contribution is 2.29. The number of piperazine rings is 1. The summed E-state index contributed by atoms with van der Waals surface area (Å²) in [5.41, 5.74) is 1.22. The molecule has 3 heterocycles. The van der Waals surface area contributed by atoms with Gasteiger partial charge in [-0.15, -0.1) is 0 Å². The van der Waals surface area contributed by atoms with Gasteiger partial charge in [-0.05, 0) is 38.1 Å². The van der Waals surface area contributed by atoms with Crippen molar-refractivity contribution in [2.45, 2.75) is 19.9 Å². The Morgan fingerprint density at radius 1 is 1.23 bits per heavy atom. The number of aromatic nitrogens is 3. The van der Waals surface area contributed by atoms with E-state index in [0.29, 0.717) is 16.8 Å². The monoisotopic (exact) mass is 611 g/mol. The molecule has 4 rings (SSSR count). The number of benzene rings is 1. The maximum Gasteiger partial charge on any atom is 0.293 e. The van der Waals surface area contributed by atoms with E-state index in [1.165, 1.54) is 7.05 Å². The van der Waals surface area contributed by atoms with Crippen LogP contribution in [-0.2, 0) is 4.79 Å². The zero-order valence-corrected chi connectivity index (χ0v) is 22.6. The molecule has 0 unspecified atom stereocenters. The lowest BCUT2D eigenvalue weighted by molar-refractivity contribution is -0.122. The number of nitrogens with zero attached hydrogens (tertiary/aromatic N) is 5. The average Bonchev–Trinajstić information content (AvgIpc) is 2.84. The molecule has 1 aliphatic heterocycles. The molecule has 1 aromatic carbocycles. The number of carbonyl (C=O) groups excluding carboxylic acids is 1. The number of pyridine rings is 1. The van der Waals surface area contributed by atoms with Crippen LogP contribution < -0.4 is 25.8 Å². The van der Waals surface area contributed by atoms with E-state index in [2.05, 4.69) is 51.5 Å². The van der Waals surface area contributed by atoms with E-state index in [4.69, 9.17) is 16.3 Å². The SMILES string of the molecule is CNC(=O)COc1cc2cc(Nc3nc(N4CCN(I)CC4)ncc3Cl)ccc2n(C(C)C)c1=O. The first-order valence-electron chi connectivity index (χ1n) is 11.2. The Hall–Kier alpha value is -2.64. The predicted octanol–water partition coefficient (Wildman–Crippen LogP) is 3.37. The van der Waals surface area contributed by atoms with Crippen molar-refractivity contribution in [2.75, 3.05) is 50.1 Å². The highest BCUT2D eigenvalue weighted by atomic mass is 127. The molecule has 0 bridgehead atoms. The normalized spacial score (nSPS) is 14.4. The Bertz CT molecular complexity index is 1290. The fraction of sp³-hybridized carbons (Fsp3) is 0.391. The Morgan fingerprint density at radius 3 is 2.66 bits per heavy atom. The fourth-order valence-electron chi connectivity index (χ4n) is 3.85. The molecule has 1 saturated heterocycles. The third-order valence-corrected chi connectivity index (χ3v) is 6.90. The van der Waals surface area contributed by atoms with Gasteiger partial charge < -0.3 is 24.8 Å². The zero-order valence-electron chi connectivity index (χ0n) is 19.7. The van der Waals surface area contributed by atoms with Crippen molar-refractivity contribution >= 4 is 68.7 Å². The van der Waals surface area contributed by atoms with Crippen molar-refractivity contribution < 1.29 is 9.53 Å². The van der Waals surface area contributed by atoms with Gasteiger partial charge in [-0.25, -0.2) is 8.10 Å². The van der Waals surface area contributed by atoms with Gasteiger partial charge in [0.15, 0.2) is 18.2 Å². The van der Waals surface area contributed by atoms with Crippen LogP contribution in [0.4, 0.5) is 17.5 Å². The fourth-order valence-corrected chi connectivity index (χ4v) is 4.42. The van der Waals surface area contributed by atoms with Crippen molar-refractivity contribution in [3.8, 4) is 5.75 Å².